The molecule has 1 aromatic carbocycles. The Bertz CT molecular complexity index is 463. The van der Waals surface area contributed by atoms with Gasteiger partial charge in [-0.2, -0.15) is 0 Å². The minimum absolute atomic E-state index is 0.0840. The van der Waals surface area contributed by atoms with Crippen molar-refractivity contribution in [2.45, 2.75) is 0 Å². The van der Waals surface area contributed by atoms with E-state index in [-0.39, 0.29) is 17.4 Å². The molecular weight excluding hydrogens is 270 g/mol. The molecule has 0 spiro atoms. The van der Waals surface area contributed by atoms with Crippen LogP contribution in [0.4, 0.5) is 5.69 Å². The van der Waals surface area contributed by atoms with Crippen molar-refractivity contribution in [1.29, 1.82) is 0 Å². The monoisotopic (exact) mass is 285 g/mol. The summed E-state index contributed by atoms with van der Waals surface area (Å²) in [5.41, 5.74) is 0.568. The molecular formula is C12H15NO5S. The number of carboxylic acids is 1. The van der Waals surface area contributed by atoms with Gasteiger partial charge in [-0.15, -0.1) is 11.8 Å². The molecule has 1 amide bonds. The molecule has 0 aromatic heterocycles. The molecule has 0 saturated heterocycles. The third-order valence-electron chi connectivity index (χ3n) is 2.13. The number of amides is 1. The van der Waals surface area contributed by atoms with Gasteiger partial charge in [-0.05, 0) is 12.1 Å². The molecule has 0 aliphatic carbocycles. The van der Waals surface area contributed by atoms with Crippen molar-refractivity contribution in [1.82, 2.24) is 0 Å². The van der Waals surface area contributed by atoms with Crippen molar-refractivity contribution in [2.24, 2.45) is 0 Å². The predicted octanol–water partition coefficient (Wildman–Crippen LogP) is 1.46. The first-order valence-corrected chi connectivity index (χ1v) is 6.53. The van der Waals surface area contributed by atoms with E-state index < -0.39 is 5.97 Å². The zero-order chi connectivity index (χ0) is 14.3. The highest BCUT2D eigenvalue weighted by molar-refractivity contribution is 8.00. The van der Waals surface area contributed by atoms with Crippen molar-refractivity contribution in [3.8, 4) is 11.5 Å². The largest absolute Gasteiger partial charge is 0.493 e. The molecule has 104 valence electrons. The lowest BCUT2D eigenvalue weighted by Gasteiger charge is -2.10. The Hall–Kier alpha value is -1.89. The van der Waals surface area contributed by atoms with Gasteiger partial charge in [0.2, 0.25) is 5.91 Å². The fraction of sp³-hybridized carbons (Fsp3) is 0.333. The van der Waals surface area contributed by atoms with Gasteiger partial charge in [-0.1, -0.05) is 0 Å². The molecule has 7 heteroatoms. The number of carboxylic acid groups (broad SMARTS) is 1. The highest BCUT2D eigenvalue weighted by atomic mass is 32.2. The molecule has 0 saturated carbocycles. The fourth-order valence-corrected chi connectivity index (χ4v) is 1.88. The van der Waals surface area contributed by atoms with Crippen LogP contribution in [0.1, 0.15) is 0 Å². The lowest BCUT2D eigenvalue weighted by Crippen LogP contribution is -2.15. The average molecular weight is 285 g/mol. The Morgan fingerprint density at radius 2 is 1.89 bits per heavy atom. The average Bonchev–Trinajstić information content (AvgIpc) is 2.38. The molecule has 2 N–H and O–H groups in total. The smallest absolute Gasteiger partial charge is 0.313 e. The Morgan fingerprint density at radius 3 is 2.47 bits per heavy atom. The summed E-state index contributed by atoms with van der Waals surface area (Å²) in [6, 6.07) is 5.00. The van der Waals surface area contributed by atoms with E-state index in [0.717, 1.165) is 11.8 Å². The SMILES string of the molecule is COc1ccc(NC(=O)CSCC(=O)O)cc1OC. The van der Waals surface area contributed by atoms with Gasteiger partial charge in [0.25, 0.3) is 0 Å². The molecule has 6 nitrogen and oxygen atoms in total. The number of ether oxygens (including phenoxy) is 2. The first-order chi connectivity index (χ1) is 9.06. The van der Waals surface area contributed by atoms with Crippen LogP contribution in [-0.2, 0) is 9.59 Å². The number of thioether (sulfide) groups is 1. The maximum atomic E-state index is 11.6. The van der Waals surface area contributed by atoms with Crippen molar-refractivity contribution < 1.29 is 24.2 Å². The Morgan fingerprint density at radius 1 is 1.21 bits per heavy atom. The van der Waals surface area contributed by atoms with E-state index in [4.69, 9.17) is 14.6 Å². The predicted molar refractivity (Wildman–Crippen MR) is 73.1 cm³/mol. The van der Waals surface area contributed by atoms with Gasteiger partial charge in [-0.25, -0.2) is 0 Å². The highest BCUT2D eigenvalue weighted by Crippen LogP contribution is 2.29. The number of methoxy groups -OCH3 is 2. The van der Waals surface area contributed by atoms with Crippen LogP contribution in [0.3, 0.4) is 0 Å². The van der Waals surface area contributed by atoms with Crippen LogP contribution < -0.4 is 14.8 Å². The summed E-state index contributed by atoms with van der Waals surface area (Å²) in [7, 11) is 3.03. The van der Waals surface area contributed by atoms with E-state index in [1.54, 1.807) is 18.2 Å². The molecule has 0 aliphatic heterocycles. The second kappa shape index (κ2) is 7.52. The summed E-state index contributed by atoms with van der Waals surface area (Å²) in [6.45, 7) is 0. The number of hydrogen-bond donors (Lipinski definition) is 2. The van der Waals surface area contributed by atoms with E-state index in [0.29, 0.717) is 17.2 Å². The quantitative estimate of drug-likeness (QED) is 0.789. The standard InChI is InChI=1S/C12H15NO5S/c1-17-9-4-3-8(5-10(9)18-2)13-11(14)6-19-7-12(15)16/h3-5H,6-7H2,1-2H3,(H,13,14)(H,15,16). The molecule has 0 unspecified atom stereocenters. The number of carbonyl (C=O) groups is 2. The van der Waals surface area contributed by atoms with E-state index in [1.807, 2.05) is 0 Å². The van der Waals surface area contributed by atoms with Crippen LogP contribution >= 0.6 is 11.8 Å². The second-order valence-electron chi connectivity index (χ2n) is 3.50. The maximum Gasteiger partial charge on any atom is 0.313 e. The van der Waals surface area contributed by atoms with E-state index in [2.05, 4.69) is 5.32 Å². The van der Waals surface area contributed by atoms with Crippen LogP contribution in [0, 0.1) is 0 Å². The minimum Gasteiger partial charge on any atom is -0.493 e. The number of hydrogen-bond acceptors (Lipinski definition) is 5. The second-order valence-corrected chi connectivity index (χ2v) is 4.49. The lowest BCUT2D eigenvalue weighted by atomic mass is 10.2. The summed E-state index contributed by atoms with van der Waals surface area (Å²) < 4.78 is 10.2. The zero-order valence-corrected chi connectivity index (χ0v) is 11.5. The fourth-order valence-electron chi connectivity index (χ4n) is 1.34. The first-order valence-electron chi connectivity index (χ1n) is 5.38. The van der Waals surface area contributed by atoms with Crippen molar-refractivity contribution in [2.75, 3.05) is 31.0 Å². The van der Waals surface area contributed by atoms with Gasteiger partial charge in [0.1, 0.15) is 0 Å². The summed E-state index contributed by atoms with van der Waals surface area (Å²) >= 11 is 1.04. The van der Waals surface area contributed by atoms with Crippen LogP contribution in [-0.4, -0.2) is 42.7 Å². The molecule has 0 bridgehead atoms. The third-order valence-corrected chi connectivity index (χ3v) is 3.04. The zero-order valence-electron chi connectivity index (χ0n) is 10.6. The van der Waals surface area contributed by atoms with Gasteiger partial charge in [0.05, 0.1) is 25.7 Å². The van der Waals surface area contributed by atoms with Crippen LogP contribution in [0.15, 0.2) is 18.2 Å². The third kappa shape index (κ3) is 5.09. The molecule has 1 rings (SSSR count). The molecule has 0 fully saturated rings. The van der Waals surface area contributed by atoms with Gasteiger partial charge >= 0.3 is 5.97 Å². The number of nitrogens with one attached hydrogen (secondary N) is 1. The molecule has 1 aromatic rings. The molecule has 0 atom stereocenters. The van der Waals surface area contributed by atoms with E-state index in [9.17, 15) is 9.59 Å². The van der Waals surface area contributed by atoms with E-state index in [1.165, 1.54) is 14.2 Å². The normalized spacial score (nSPS) is 9.79. The summed E-state index contributed by atoms with van der Waals surface area (Å²) in [5, 5.41) is 11.1. The van der Waals surface area contributed by atoms with Gasteiger partial charge < -0.3 is 19.9 Å². The van der Waals surface area contributed by atoms with Crippen molar-refractivity contribution in [3.63, 3.8) is 0 Å². The lowest BCUT2D eigenvalue weighted by molar-refractivity contribution is -0.133. The van der Waals surface area contributed by atoms with Gasteiger partial charge in [-0.3, -0.25) is 9.59 Å². The number of carbonyl (C=O) groups excluding carboxylic acids is 1. The Kier molecular flexibility index (Phi) is 6.01. The molecule has 0 radical (unpaired) electrons. The first kappa shape index (κ1) is 15.2. The van der Waals surface area contributed by atoms with Crippen LogP contribution in [0.5, 0.6) is 11.5 Å². The topological polar surface area (TPSA) is 84.9 Å². The maximum absolute atomic E-state index is 11.6. The number of rotatable bonds is 7. The van der Waals surface area contributed by atoms with Crippen molar-refractivity contribution >= 4 is 29.3 Å². The summed E-state index contributed by atoms with van der Waals surface area (Å²) in [6.07, 6.45) is 0. The number of anilines is 1. The van der Waals surface area contributed by atoms with Gasteiger partial charge in [0, 0.05) is 11.8 Å². The highest BCUT2D eigenvalue weighted by Gasteiger charge is 2.08. The summed E-state index contributed by atoms with van der Waals surface area (Å²) in [4.78, 5) is 21.9. The Balaban J connectivity index is 2.57. The molecule has 0 aliphatic rings. The molecule has 19 heavy (non-hydrogen) atoms. The number of aliphatic carboxylic acids is 1. The minimum atomic E-state index is -0.941. The van der Waals surface area contributed by atoms with E-state index >= 15 is 0 Å². The van der Waals surface area contributed by atoms with Gasteiger partial charge in [0.15, 0.2) is 11.5 Å². The van der Waals surface area contributed by atoms with Crippen molar-refractivity contribution in [3.05, 3.63) is 18.2 Å². The Labute approximate surface area is 115 Å². The summed E-state index contributed by atoms with van der Waals surface area (Å²) in [5.74, 6) is -0.137. The number of benzene rings is 1. The molecule has 0 heterocycles. The van der Waals surface area contributed by atoms with Crippen LogP contribution in [0.2, 0.25) is 0 Å². The van der Waals surface area contributed by atoms with Crippen LogP contribution in [0.25, 0.3) is 0 Å².